The van der Waals surface area contributed by atoms with Gasteiger partial charge in [-0.15, -0.1) is 0 Å². The number of methoxy groups -OCH3 is 1. The summed E-state index contributed by atoms with van der Waals surface area (Å²) in [6.45, 7) is 2.36. The lowest BCUT2D eigenvalue weighted by atomic mass is 10.1. The molecule has 2 saturated heterocycles. The molecule has 0 saturated carbocycles. The van der Waals surface area contributed by atoms with Crippen molar-refractivity contribution in [3.05, 3.63) is 54.1 Å². The molecule has 0 aliphatic carbocycles. The molecule has 0 spiro atoms. The van der Waals surface area contributed by atoms with Gasteiger partial charge in [0.05, 0.1) is 30.1 Å². The molecule has 4 rings (SSSR count). The van der Waals surface area contributed by atoms with Crippen LogP contribution in [0.3, 0.4) is 0 Å². The number of rotatable bonds is 8. The van der Waals surface area contributed by atoms with E-state index in [0.29, 0.717) is 57.1 Å². The van der Waals surface area contributed by atoms with Gasteiger partial charge in [-0.25, -0.2) is 16.8 Å². The molecule has 36 heavy (non-hydrogen) atoms. The minimum atomic E-state index is -3.67. The highest BCUT2D eigenvalue weighted by atomic mass is 32.2. The van der Waals surface area contributed by atoms with Crippen LogP contribution in [-0.4, -0.2) is 95.8 Å². The van der Waals surface area contributed by atoms with Crippen molar-refractivity contribution in [2.75, 3.05) is 59.6 Å². The molecule has 2 aromatic carbocycles. The first kappa shape index (κ1) is 26.6. The monoisotopic (exact) mass is 537 g/mol. The highest BCUT2D eigenvalue weighted by molar-refractivity contribution is 7.89. The Morgan fingerprint density at radius 3 is 2.08 bits per heavy atom. The van der Waals surface area contributed by atoms with Crippen molar-refractivity contribution in [3.63, 3.8) is 0 Å². The predicted octanol–water partition coefficient (Wildman–Crippen LogP) is 1.18. The fourth-order valence-corrected chi connectivity index (χ4v) is 7.27. The average Bonchev–Trinajstić information content (AvgIpc) is 2.92. The number of hydrogen-bond donors (Lipinski definition) is 0. The largest absolute Gasteiger partial charge is 0.496 e. The van der Waals surface area contributed by atoms with Crippen LogP contribution in [0.15, 0.2) is 58.3 Å². The van der Waals surface area contributed by atoms with E-state index in [2.05, 4.69) is 0 Å². The van der Waals surface area contributed by atoms with Crippen molar-refractivity contribution in [1.29, 1.82) is 0 Å². The third-order valence-electron chi connectivity index (χ3n) is 6.44. The second-order valence-electron chi connectivity index (χ2n) is 8.59. The number of carbonyl (C=O) groups is 1. The van der Waals surface area contributed by atoms with E-state index in [4.69, 9.17) is 9.47 Å². The predicted molar refractivity (Wildman–Crippen MR) is 133 cm³/mol. The van der Waals surface area contributed by atoms with Crippen molar-refractivity contribution in [2.24, 2.45) is 0 Å². The quantitative estimate of drug-likeness (QED) is 0.497. The van der Waals surface area contributed by atoms with Gasteiger partial charge in [0.25, 0.3) is 0 Å². The summed E-state index contributed by atoms with van der Waals surface area (Å²) in [5.41, 5.74) is 0.630. The zero-order valence-corrected chi connectivity index (χ0v) is 21.8. The zero-order valence-electron chi connectivity index (χ0n) is 20.2. The summed E-state index contributed by atoms with van der Waals surface area (Å²) in [6, 6.07) is 13.0. The van der Waals surface area contributed by atoms with Crippen molar-refractivity contribution in [2.45, 2.75) is 22.6 Å². The van der Waals surface area contributed by atoms with Gasteiger partial charge in [-0.3, -0.25) is 4.79 Å². The molecule has 12 heteroatoms. The van der Waals surface area contributed by atoms with Crippen LogP contribution in [-0.2, 0) is 36.0 Å². The Morgan fingerprint density at radius 1 is 0.833 bits per heavy atom. The topological polar surface area (TPSA) is 114 Å². The molecule has 0 N–H and O–H groups in total. The second kappa shape index (κ2) is 11.3. The zero-order chi connectivity index (χ0) is 25.8. The van der Waals surface area contributed by atoms with Crippen LogP contribution >= 0.6 is 0 Å². The lowest BCUT2D eigenvalue weighted by Gasteiger charge is -2.34. The number of benzene rings is 2. The van der Waals surface area contributed by atoms with Gasteiger partial charge in [0, 0.05) is 45.7 Å². The summed E-state index contributed by atoms with van der Waals surface area (Å²) in [5, 5.41) is 0. The molecular formula is C24H31N3O7S2. The Kier molecular flexibility index (Phi) is 8.30. The SMILES string of the molecule is COc1ccc(S(=O)(=O)N2CCOCC2)cc1CCC(=O)N1CCN(S(=O)(=O)c2ccccc2)CC1. The average molecular weight is 538 g/mol. The first-order valence-corrected chi connectivity index (χ1v) is 14.7. The van der Waals surface area contributed by atoms with Crippen LogP contribution in [0, 0.1) is 0 Å². The number of ether oxygens (including phenoxy) is 2. The molecule has 2 fully saturated rings. The standard InChI is InChI=1S/C24H31N3O7S2/c1-33-23-9-8-22(36(31,32)27-15-17-34-18-16-27)19-20(23)7-10-24(28)25-11-13-26(14-12-25)35(29,30)21-5-3-2-4-6-21/h2-6,8-9,19H,7,10-18H2,1H3. The van der Waals surface area contributed by atoms with Crippen molar-refractivity contribution < 1.29 is 31.1 Å². The van der Waals surface area contributed by atoms with Gasteiger partial charge >= 0.3 is 0 Å². The van der Waals surface area contributed by atoms with Crippen molar-refractivity contribution >= 4 is 26.0 Å². The van der Waals surface area contributed by atoms with Gasteiger partial charge in [0.1, 0.15) is 5.75 Å². The molecule has 0 bridgehead atoms. The number of nitrogens with zero attached hydrogens (tertiary/aromatic N) is 3. The maximum absolute atomic E-state index is 13.0. The van der Waals surface area contributed by atoms with E-state index in [1.807, 2.05) is 0 Å². The highest BCUT2D eigenvalue weighted by Gasteiger charge is 2.30. The molecule has 2 aromatic rings. The van der Waals surface area contributed by atoms with Gasteiger partial charge in [0.2, 0.25) is 26.0 Å². The Labute approximate surface area is 212 Å². The summed E-state index contributed by atoms with van der Waals surface area (Å²) in [6.07, 6.45) is 0.458. The number of amides is 1. The summed E-state index contributed by atoms with van der Waals surface area (Å²) in [4.78, 5) is 15.0. The third-order valence-corrected chi connectivity index (χ3v) is 10.2. The number of carbonyl (C=O) groups excluding carboxylic acids is 1. The second-order valence-corrected chi connectivity index (χ2v) is 12.5. The maximum Gasteiger partial charge on any atom is 0.243 e. The fraction of sp³-hybridized carbons (Fsp3) is 0.458. The molecule has 2 aliphatic rings. The van der Waals surface area contributed by atoms with Crippen LogP contribution in [0.1, 0.15) is 12.0 Å². The molecule has 0 atom stereocenters. The van der Waals surface area contributed by atoms with Crippen molar-refractivity contribution in [1.82, 2.24) is 13.5 Å². The maximum atomic E-state index is 13.0. The molecule has 0 radical (unpaired) electrons. The smallest absolute Gasteiger partial charge is 0.243 e. The minimum Gasteiger partial charge on any atom is -0.496 e. The molecule has 2 aliphatic heterocycles. The van der Waals surface area contributed by atoms with Crippen LogP contribution in [0.25, 0.3) is 0 Å². The molecule has 10 nitrogen and oxygen atoms in total. The number of aryl methyl sites for hydroxylation is 1. The third kappa shape index (κ3) is 5.73. The van der Waals surface area contributed by atoms with E-state index in [1.54, 1.807) is 47.4 Å². The van der Waals surface area contributed by atoms with E-state index in [1.165, 1.54) is 21.8 Å². The highest BCUT2D eigenvalue weighted by Crippen LogP contribution is 2.26. The Bertz CT molecular complexity index is 1270. The first-order valence-electron chi connectivity index (χ1n) is 11.8. The van der Waals surface area contributed by atoms with Gasteiger partial charge in [-0.1, -0.05) is 18.2 Å². The van der Waals surface area contributed by atoms with Gasteiger partial charge in [-0.05, 0) is 42.3 Å². The van der Waals surface area contributed by atoms with Crippen LogP contribution in [0.2, 0.25) is 0 Å². The molecule has 0 aromatic heterocycles. The van der Waals surface area contributed by atoms with Gasteiger partial charge in [-0.2, -0.15) is 8.61 Å². The minimum absolute atomic E-state index is 0.116. The first-order chi connectivity index (χ1) is 17.2. The van der Waals surface area contributed by atoms with E-state index < -0.39 is 20.0 Å². The Hall–Kier alpha value is -2.51. The Morgan fingerprint density at radius 2 is 1.44 bits per heavy atom. The molecular weight excluding hydrogens is 506 g/mol. The molecule has 0 unspecified atom stereocenters. The van der Waals surface area contributed by atoms with Crippen LogP contribution < -0.4 is 4.74 Å². The van der Waals surface area contributed by atoms with E-state index >= 15 is 0 Å². The number of hydrogen-bond acceptors (Lipinski definition) is 7. The lowest BCUT2D eigenvalue weighted by molar-refractivity contribution is -0.132. The molecule has 196 valence electrons. The lowest BCUT2D eigenvalue weighted by Crippen LogP contribution is -2.50. The molecule has 2 heterocycles. The summed E-state index contributed by atoms with van der Waals surface area (Å²) in [7, 11) is -5.76. The number of sulfonamides is 2. The Balaban J connectivity index is 1.38. The summed E-state index contributed by atoms with van der Waals surface area (Å²) in [5.74, 6) is 0.401. The number of piperazine rings is 1. The van der Waals surface area contributed by atoms with Gasteiger partial charge in [0.15, 0.2) is 0 Å². The van der Waals surface area contributed by atoms with Crippen molar-refractivity contribution in [3.8, 4) is 5.75 Å². The van der Waals surface area contributed by atoms with E-state index in [0.717, 1.165) is 0 Å². The molecule has 1 amide bonds. The van der Waals surface area contributed by atoms with Crippen LogP contribution in [0.5, 0.6) is 5.75 Å². The van der Waals surface area contributed by atoms with E-state index in [-0.39, 0.29) is 35.2 Å². The van der Waals surface area contributed by atoms with E-state index in [9.17, 15) is 21.6 Å². The number of morpholine rings is 1. The van der Waals surface area contributed by atoms with Crippen LogP contribution in [0.4, 0.5) is 0 Å². The normalized spacial score (nSPS) is 18.2. The fourth-order valence-electron chi connectivity index (χ4n) is 4.37. The van der Waals surface area contributed by atoms with Gasteiger partial charge < -0.3 is 14.4 Å². The summed E-state index contributed by atoms with van der Waals surface area (Å²) < 4.78 is 65.2. The summed E-state index contributed by atoms with van der Waals surface area (Å²) >= 11 is 0.